The lowest BCUT2D eigenvalue weighted by Crippen LogP contribution is -2.13. The van der Waals surface area contributed by atoms with Crippen molar-refractivity contribution in [2.24, 2.45) is 0 Å². The summed E-state index contributed by atoms with van der Waals surface area (Å²) in [6.07, 6.45) is 0. The van der Waals surface area contributed by atoms with Crippen molar-refractivity contribution < 1.29 is 12.8 Å². The van der Waals surface area contributed by atoms with Gasteiger partial charge >= 0.3 is 0 Å². The Hall–Kier alpha value is -0.630. The maximum absolute atomic E-state index is 13.3. The number of benzene rings is 1. The van der Waals surface area contributed by atoms with Crippen molar-refractivity contribution in [3.63, 3.8) is 0 Å². The van der Waals surface area contributed by atoms with Gasteiger partial charge in [-0.25, -0.2) is 12.8 Å². The quantitative estimate of drug-likeness (QED) is 0.852. The van der Waals surface area contributed by atoms with E-state index >= 15 is 0 Å². The second kappa shape index (κ2) is 5.40. The molecule has 1 heterocycles. The van der Waals surface area contributed by atoms with Gasteiger partial charge < -0.3 is 0 Å². The van der Waals surface area contributed by atoms with Crippen LogP contribution >= 0.6 is 38.9 Å². The molecule has 0 atom stereocenters. The Morgan fingerprint density at radius 1 is 1.37 bits per heavy atom. The molecule has 102 valence electrons. The third kappa shape index (κ3) is 3.28. The Balaban J connectivity index is 2.36. The molecule has 0 saturated heterocycles. The van der Waals surface area contributed by atoms with Crippen LogP contribution in [0.2, 0.25) is 5.02 Å². The molecule has 1 aromatic carbocycles. The van der Waals surface area contributed by atoms with Crippen LogP contribution < -0.4 is 4.72 Å². The van der Waals surface area contributed by atoms with Crippen molar-refractivity contribution in [3.05, 3.63) is 43.8 Å². The number of rotatable bonds is 3. The van der Waals surface area contributed by atoms with E-state index in [2.05, 4.69) is 20.7 Å². The van der Waals surface area contributed by atoms with Crippen LogP contribution in [0.3, 0.4) is 0 Å². The Morgan fingerprint density at radius 3 is 2.58 bits per heavy atom. The third-order valence-corrected chi connectivity index (χ3v) is 5.80. The van der Waals surface area contributed by atoms with E-state index in [4.69, 9.17) is 11.6 Å². The fourth-order valence-corrected chi connectivity index (χ4v) is 5.05. The number of halogens is 3. The monoisotopic (exact) mass is 383 g/mol. The van der Waals surface area contributed by atoms with Gasteiger partial charge in [-0.2, -0.15) is 0 Å². The van der Waals surface area contributed by atoms with E-state index in [0.717, 1.165) is 6.07 Å². The molecule has 0 bridgehead atoms. The minimum atomic E-state index is -3.73. The van der Waals surface area contributed by atoms with Crippen LogP contribution in [0.5, 0.6) is 0 Å². The lowest BCUT2D eigenvalue weighted by Gasteiger charge is -2.08. The molecular weight excluding hydrogens is 377 g/mol. The van der Waals surface area contributed by atoms with Crippen molar-refractivity contribution in [2.75, 3.05) is 4.72 Å². The normalized spacial score (nSPS) is 11.6. The Bertz CT molecular complexity index is 730. The lowest BCUT2D eigenvalue weighted by molar-refractivity contribution is 0.601. The number of hydrogen-bond acceptors (Lipinski definition) is 3. The van der Waals surface area contributed by atoms with Gasteiger partial charge in [0.05, 0.1) is 14.5 Å². The van der Waals surface area contributed by atoms with Crippen molar-refractivity contribution in [1.29, 1.82) is 0 Å². The molecule has 0 radical (unpaired) electrons. The molecule has 8 heteroatoms. The second-order valence-corrected chi connectivity index (χ2v) is 8.40. The molecule has 0 aliphatic heterocycles. The summed E-state index contributed by atoms with van der Waals surface area (Å²) < 4.78 is 40.6. The van der Waals surface area contributed by atoms with Crippen molar-refractivity contribution >= 4 is 54.6 Å². The maximum atomic E-state index is 13.3. The minimum absolute atomic E-state index is 0.0580. The highest BCUT2D eigenvalue weighted by molar-refractivity contribution is 9.11. The van der Waals surface area contributed by atoms with Crippen LogP contribution in [-0.2, 0) is 10.0 Å². The Morgan fingerprint density at radius 2 is 2.05 bits per heavy atom. The molecular formula is C11H8BrClFNO2S2. The molecule has 0 saturated carbocycles. The van der Waals surface area contributed by atoms with Gasteiger partial charge in [0.1, 0.15) is 10.7 Å². The van der Waals surface area contributed by atoms with Crippen LogP contribution in [0.15, 0.2) is 32.9 Å². The standard InChI is InChI=1S/C11H8BrClFNO2S2/c1-6-10(5-11(12)18-6)19(16,17)15-7-2-3-8(13)9(14)4-7/h2-5,15H,1H3. The van der Waals surface area contributed by atoms with Gasteiger partial charge in [-0.3, -0.25) is 4.72 Å². The molecule has 1 N–H and O–H groups in total. The van der Waals surface area contributed by atoms with Gasteiger partial charge in [0.2, 0.25) is 0 Å². The molecule has 0 amide bonds. The van der Waals surface area contributed by atoms with Gasteiger partial charge in [-0.15, -0.1) is 11.3 Å². The highest BCUT2D eigenvalue weighted by atomic mass is 79.9. The number of hydrogen-bond donors (Lipinski definition) is 1. The first-order valence-corrected chi connectivity index (χ1v) is 8.50. The summed E-state index contributed by atoms with van der Waals surface area (Å²) >= 11 is 10.1. The molecule has 0 aliphatic rings. The summed E-state index contributed by atoms with van der Waals surface area (Å²) in [5.41, 5.74) is 0.128. The molecule has 2 rings (SSSR count). The van der Waals surface area contributed by atoms with E-state index in [1.165, 1.54) is 29.5 Å². The van der Waals surface area contributed by atoms with Crippen LogP contribution in [0.4, 0.5) is 10.1 Å². The topological polar surface area (TPSA) is 46.2 Å². The zero-order valence-corrected chi connectivity index (χ0v) is 13.6. The number of nitrogens with one attached hydrogen (secondary N) is 1. The zero-order chi connectivity index (χ0) is 14.2. The number of aryl methyl sites for hydroxylation is 1. The van der Waals surface area contributed by atoms with Crippen LogP contribution in [-0.4, -0.2) is 8.42 Å². The zero-order valence-electron chi connectivity index (χ0n) is 9.58. The third-order valence-electron chi connectivity index (χ3n) is 2.30. The summed E-state index contributed by atoms with van der Waals surface area (Å²) in [5, 5.41) is -0.0580. The molecule has 0 fully saturated rings. The van der Waals surface area contributed by atoms with Gasteiger partial charge in [0.25, 0.3) is 10.0 Å². The molecule has 1 aromatic heterocycles. The van der Waals surface area contributed by atoms with Crippen molar-refractivity contribution in [1.82, 2.24) is 0 Å². The minimum Gasteiger partial charge on any atom is -0.279 e. The summed E-state index contributed by atoms with van der Waals surface area (Å²) in [6.45, 7) is 1.70. The van der Waals surface area contributed by atoms with Crippen molar-refractivity contribution in [2.45, 2.75) is 11.8 Å². The highest BCUT2D eigenvalue weighted by Crippen LogP contribution is 2.31. The second-order valence-electron chi connectivity index (χ2n) is 3.71. The van der Waals surface area contributed by atoms with E-state index < -0.39 is 15.8 Å². The average Bonchev–Trinajstić information content (AvgIpc) is 2.63. The van der Waals surface area contributed by atoms with E-state index in [0.29, 0.717) is 8.66 Å². The first-order chi connectivity index (χ1) is 8.79. The number of anilines is 1. The summed E-state index contributed by atoms with van der Waals surface area (Å²) in [7, 11) is -3.73. The predicted octanol–water partition coefficient (Wildman–Crippen LogP) is 4.41. The molecule has 0 aliphatic carbocycles. The predicted molar refractivity (Wildman–Crippen MR) is 79.0 cm³/mol. The Kier molecular flexibility index (Phi) is 4.20. The van der Waals surface area contributed by atoms with Gasteiger partial charge in [-0.05, 0) is 47.1 Å². The summed E-state index contributed by atoms with van der Waals surface area (Å²) in [4.78, 5) is 0.813. The van der Waals surface area contributed by atoms with Crippen molar-refractivity contribution in [3.8, 4) is 0 Å². The summed E-state index contributed by atoms with van der Waals surface area (Å²) in [6, 6.07) is 5.25. The van der Waals surface area contributed by atoms with E-state index in [1.54, 1.807) is 6.92 Å². The van der Waals surface area contributed by atoms with Gasteiger partial charge in [0, 0.05) is 4.88 Å². The highest BCUT2D eigenvalue weighted by Gasteiger charge is 2.20. The van der Waals surface area contributed by atoms with E-state index in [9.17, 15) is 12.8 Å². The lowest BCUT2D eigenvalue weighted by atomic mass is 10.3. The maximum Gasteiger partial charge on any atom is 0.263 e. The first kappa shape index (κ1) is 14.8. The molecule has 2 aromatic rings. The smallest absolute Gasteiger partial charge is 0.263 e. The number of sulfonamides is 1. The largest absolute Gasteiger partial charge is 0.279 e. The molecule has 19 heavy (non-hydrogen) atoms. The van der Waals surface area contributed by atoms with Crippen LogP contribution in [0.1, 0.15) is 4.88 Å². The average molecular weight is 385 g/mol. The first-order valence-electron chi connectivity index (χ1n) is 5.03. The fraction of sp³-hybridized carbons (Fsp3) is 0.0909. The van der Waals surface area contributed by atoms with Crippen LogP contribution in [0, 0.1) is 12.7 Å². The van der Waals surface area contributed by atoms with Gasteiger partial charge in [-0.1, -0.05) is 11.6 Å². The Labute approximate surface area is 127 Å². The molecule has 0 spiro atoms. The summed E-state index contributed by atoms with van der Waals surface area (Å²) in [5.74, 6) is -0.676. The van der Waals surface area contributed by atoms with E-state index in [1.807, 2.05) is 0 Å². The molecule has 0 unspecified atom stereocenters. The molecule has 3 nitrogen and oxygen atoms in total. The number of thiophene rings is 1. The SMILES string of the molecule is Cc1sc(Br)cc1S(=O)(=O)Nc1ccc(Cl)c(F)c1. The van der Waals surface area contributed by atoms with Crippen LogP contribution in [0.25, 0.3) is 0 Å². The van der Waals surface area contributed by atoms with Gasteiger partial charge in [0.15, 0.2) is 0 Å². The van der Waals surface area contributed by atoms with E-state index in [-0.39, 0.29) is 15.6 Å². The fourth-order valence-electron chi connectivity index (χ4n) is 1.47.